The molecule has 0 amide bonds. The average molecular weight is 214 g/mol. The number of nitrogens with zero attached hydrogens (tertiary/aromatic N) is 2. The van der Waals surface area contributed by atoms with Crippen LogP contribution in [-0.4, -0.2) is 65.6 Å². The smallest absolute Gasteiger partial charge is 0.112 e. The van der Waals surface area contributed by atoms with Crippen molar-refractivity contribution in [2.45, 2.75) is 26.0 Å². The molecule has 0 bridgehead atoms. The van der Waals surface area contributed by atoms with E-state index in [1.807, 2.05) is 0 Å². The summed E-state index contributed by atoms with van der Waals surface area (Å²) in [6.45, 7) is 6.95. The zero-order chi connectivity index (χ0) is 10.9. The molecule has 0 aromatic heterocycles. The molecule has 0 radical (unpaired) electrons. The van der Waals surface area contributed by atoms with Gasteiger partial charge < -0.3 is 10.2 Å². The summed E-state index contributed by atoms with van der Waals surface area (Å²) in [6, 6.07) is 0. The van der Waals surface area contributed by atoms with Crippen molar-refractivity contribution in [2.24, 2.45) is 5.41 Å². The van der Waals surface area contributed by atoms with Gasteiger partial charge in [0, 0.05) is 38.1 Å². The zero-order valence-corrected chi connectivity index (χ0v) is 9.52. The quantitative estimate of drug-likeness (QED) is 0.675. The summed E-state index contributed by atoms with van der Waals surface area (Å²) in [7, 11) is 0. The first-order valence-electron chi connectivity index (χ1n) is 5.91. The fraction of sp³-hybridized carbons (Fsp3) is 1.00. The molecule has 2 rings (SSSR count). The van der Waals surface area contributed by atoms with Crippen molar-refractivity contribution in [1.82, 2.24) is 9.80 Å². The third-order valence-electron chi connectivity index (χ3n) is 3.83. The molecule has 0 spiro atoms. The van der Waals surface area contributed by atoms with E-state index >= 15 is 0 Å². The maximum absolute atomic E-state index is 10.1. The first-order valence-corrected chi connectivity index (χ1v) is 5.91. The van der Waals surface area contributed by atoms with Crippen LogP contribution in [0.1, 0.15) is 19.8 Å². The Bertz CT molecular complexity index is 211. The van der Waals surface area contributed by atoms with E-state index in [4.69, 9.17) is 5.11 Å². The summed E-state index contributed by atoms with van der Waals surface area (Å²) in [5.41, 5.74) is 0.166. The Morgan fingerprint density at radius 3 is 2.27 bits per heavy atom. The normalized spacial score (nSPS) is 29.0. The van der Waals surface area contributed by atoms with Crippen molar-refractivity contribution in [3.63, 3.8) is 0 Å². The molecule has 1 aliphatic carbocycles. The van der Waals surface area contributed by atoms with E-state index in [1.54, 1.807) is 0 Å². The molecule has 15 heavy (non-hydrogen) atoms. The highest BCUT2D eigenvalue weighted by atomic mass is 16.3. The summed E-state index contributed by atoms with van der Waals surface area (Å²) < 4.78 is 0. The van der Waals surface area contributed by atoms with Crippen molar-refractivity contribution in [2.75, 3.05) is 39.3 Å². The van der Waals surface area contributed by atoms with E-state index in [9.17, 15) is 5.11 Å². The van der Waals surface area contributed by atoms with Gasteiger partial charge in [-0.2, -0.15) is 0 Å². The molecule has 1 unspecified atom stereocenters. The van der Waals surface area contributed by atoms with E-state index in [0.29, 0.717) is 0 Å². The number of hydrogen-bond acceptors (Lipinski definition) is 4. The van der Waals surface area contributed by atoms with Gasteiger partial charge in [0.15, 0.2) is 0 Å². The number of piperazine rings is 1. The minimum absolute atomic E-state index is 0.166. The first-order chi connectivity index (χ1) is 7.15. The van der Waals surface area contributed by atoms with Gasteiger partial charge in [0.2, 0.25) is 0 Å². The second kappa shape index (κ2) is 4.37. The second-order valence-electron chi connectivity index (χ2n) is 5.13. The standard InChI is InChI=1S/C11H22N2O2/c1-11(2-3-11)10(15)13-6-4-12(5-7-13)8-9-14/h10,14-15H,2-9H2,1H3. The molecule has 4 heteroatoms. The molecule has 4 nitrogen and oxygen atoms in total. The predicted octanol–water partition coefficient (Wildman–Crippen LogP) is -0.285. The monoisotopic (exact) mass is 214 g/mol. The summed E-state index contributed by atoms with van der Waals surface area (Å²) in [5, 5.41) is 19.0. The number of β-amino-alcohol motifs (C(OH)–C–C–N with tert-alkyl or cyclic N) is 1. The van der Waals surface area contributed by atoms with E-state index in [2.05, 4.69) is 16.7 Å². The third-order valence-corrected chi connectivity index (χ3v) is 3.83. The van der Waals surface area contributed by atoms with Crippen LogP contribution in [0.2, 0.25) is 0 Å². The maximum Gasteiger partial charge on any atom is 0.112 e. The van der Waals surface area contributed by atoms with Crippen molar-refractivity contribution in [1.29, 1.82) is 0 Å². The molecule has 2 fully saturated rings. The van der Waals surface area contributed by atoms with Crippen LogP contribution in [0, 0.1) is 5.41 Å². The van der Waals surface area contributed by atoms with Gasteiger partial charge in [-0.15, -0.1) is 0 Å². The summed E-state index contributed by atoms with van der Waals surface area (Å²) in [6.07, 6.45) is 2.06. The van der Waals surface area contributed by atoms with Crippen molar-refractivity contribution in [3.05, 3.63) is 0 Å². The van der Waals surface area contributed by atoms with Crippen molar-refractivity contribution < 1.29 is 10.2 Å². The Balaban J connectivity index is 1.77. The van der Waals surface area contributed by atoms with E-state index < -0.39 is 0 Å². The SMILES string of the molecule is CC1(C(O)N2CCN(CCO)CC2)CC1. The highest BCUT2D eigenvalue weighted by molar-refractivity contribution is 4.95. The van der Waals surface area contributed by atoms with Crippen LogP contribution in [-0.2, 0) is 0 Å². The zero-order valence-electron chi connectivity index (χ0n) is 9.52. The van der Waals surface area contributed by atoms with Crippen LogP contribution in [0.4, 0.5) is 0 Å². The molecule has 1 saturated heterocycles. The van der Waals surface area contributed by atoms with Gasteiger partial charge in [0.05, 0.1) is 6.61 Å². The molecule has 0 aromatic carbocycles. The Hall–Kier alpha value is -0.160. The molecular weight excluding hydrogens is 192 g/mol. The number of aliphatic hydroxyl groups is 2. The lowest BCUT2D eigenvalue weighted by atomic mass is 10.1. The lowest BCUT2D eigenvalue weighted by molar-refractivity contribution is -0.0667. The fourth-order valence-corrected chi connectivity index (χ4v) is 2.27. The fourth-order valence-electron chi connectivity index (χ4n) is 2.27. The molecule has 88 valence electrons. The van der Waals surface area contributed by atoms with Crippen LogP contribution >= 0.6 is 0 Å². The second-order valence-corrected chi connectivity index (χ2v) is 5.13. The first kappa shape index (κ1) is 11.3. The Morgan fingerprint density at radius 1 is 1.20 bits per heavy atom. The van der Waals surface area contributed by atoms with Gasteiger partial charge in [-0.3, -0.25) is 9.80 Å². The molecule has 1 heterocycles. The van der Waals surface area contributed by atoms with Crippen LogP contribution < -0.4 is 0 Å². The molecule has 2 N–H and O–H groups in total. The van der Waals surface area contributed by atoms with Crippen LogP contribution in [0.25, 0.3) is 0 Å². The molecular formula is C11H22N2O2. The van der Waals surface area contributed by atoms with Crippen LogP contribution in [0.3, 0.4) is 0 Å². The molecule has 1 aliphatic heterocycles. The van der Waals surface area contributed by atoms with E-state index in [-0.39, 0.29) is 18.2 Å². The Labute approximate surface area is 91.5 Å². The number of hydrogen-bond donors (Lipinski definition) is 2. The average Bonchev–Trinajstić information content (AvgIpc) is 2.99. The molecule has 0 aromatic rings. The van der Waals surface area contributed by atoms with Crippen LogP contribution in [0.15, 0.2) is 0 Å². The van der Waals surface area contributed by atoms with E-state index in [0.717, 1.165) is 45.6 Å². The van der Waals surface area contributed by atoms with Gasteiger partial charge in [-0.25, -0.2) is 0 Å². The lowest BCUT2D eigenvalue weighted by Crippen LogP contribution is -2.52. The van der Waals surface area contributed by atoms with Gasteiger partial charge >= 0.3 is 0 Å². The lowest BCUT2D eigenvalue weighted by Gasteiger charge is -2.39. The minimum Gasteiger partial charge on any atom is -0.395 e. The third kappa shape index (κ3) is 2.50. The van der Waals surface area contributed by atoms with Crippen LogP contribution in [0.5, 0.6) is 0 Å². The number of rotatable bonds is 4. The summed E-state index contributed by atoms with van der Waals surface area (Å²) >= 11 is 0. The van der Waals surface area contributed by atoms with Crippen molar-refractivity contribution in [3.8, 4) is 0 Å². The van der Waals surface area contributed by atoms with Crippen molar-refractivity contribution >= 4 is 0 Å². The van der Waals surface area contributed by atoms with Gasteiger partial charge in [-0.05, 0) is 12.8 Å². The highest BCUT2D eigenvalue weighted by Gasteiger charge is 2.47. The Kier molecular flexibility index (Phi) is 3.30. The Morgan fingerprint density at radius 2 is 1.80 bits per heavy atom. The van der Waals surface area contributed by atoms with E-state index in [1.165, 1.54) is 0 Å². The predicted molar refractivity (Wildman–Crippen MR) is 58.4 cm³/mol. The molecule has 1 saturated carbocycles. The molecule has 2 aliphatic rings. The molecule has 1 atom stereocenters. The highest BCUT2D eigenvalue weighted by Crippen LogP contribution is 2.49. The number of aliphatic hydroxyl groups excluding tert-OH is 2. The maximum atomic E-state index is 10.1. The summed E-state index contributed by atoms with van der Waals surface area (Å²) in [5.74, 6) is 0. The largest absolute Gasteiger partial charge is 0.395 e. The van der Waals surface area contributed by atoms with Gasteiger partial charge in [0.1, 0.15) is 6.23 Å². The van der Waals surface area contributed by atoms with Gasteiger partial charge in [0.25, 0.3) is 0 Å². The topological polar surface area (TPSA) is 46.9 Å². The summed E-state index contributed by atoms with van der Waals surface area (Å²) in [4.78, 5) is 4.43. The minimum atomic E-state index is -0.256. The van der Waals surface area contributed by atoms with Gasteiger partial charge in [-0.1, -0.05) is 6.92 Å².